The van der Waals surface area contributed by atoms with Gasteiger partial charge in [-0.15, -0.1) is 0 Å². The van der Waals surface area contributed by atoms with Gasteiger partial charge in [0.05, 0.1) is 76.6 Å². The van der Waals surface area contributed by atoms with E-state index in [-0.39, 0.29) is 0 Å². The zero-order valence-electron chi connectivity index (χ0n) is 48.7. The molecule has 7 heterocycles. The fourth-order valence-corrected chi connectivity index (χ4v) is 12.0. The molecule has 0 radical (unpaired) electrons. The van der Waals surface area contributed by atoms with Crippen molar-refractivity contribution < 1.29 is 212 Å². The van der Waals surface area contributed by atoms with Gasteiger partial charge in [-0.05, 0) is 0 Å². The highest BCUT2D eigenvalue weighted by atomic mass is 31.2. The Balaban J connectivity index is 1.34. The second-order valence-electron chi connectivity index (χ2n) is 23.3. The molecule has 0 unspecified atom stereocenters. The molecule has 0 saturated carbocycles. The van der Waals surface area contributed by atoms with Gasteiger partial charge in [-0.3, -0.25) is 4.52 Å². The lowest BCUT2D eigenvalue weighted by atomic mass is 9.89. The summed E-state index contributed by atoms with van der Waals surface area (Å²) in [4.78, 5) is 60.8. The summed E-state index contributed by atoms with van der Waals surface area (Å²) in [6.45, 7) is -8.86. The van der Waals surface area contributed by atoms with Crippen molar-refractivity contribution >= 4 is 25.7 Å². The van der Waals surface area contributed by atoms with E-state index in [9.17, 15) is 146 Å². The summed E-state index contributed by atoms with van der Waals surface area (Å²) >= 11 is 0. The summed E-state index contributed by atoms with van der Waals surface area (Å²) in [6, 6.07) is -3.52. The first kappa shape index (κ1) is 78.5. The SMILES string of the molecule is N[C@@H]1[C@@H](O)[C@H](O)[C@@H](CO[C@@H]2O[C@H](CO[C@]3(C(=O)O)C[C@@H](O[C@]4(C(=O)O)C[C@@H](O)[C@@H](O)[C@@H]([C@H](O)CO)O4)[C@@H](O[C@H]4O[C@H](CO[C@@H]5O[C@H](CO)[C@@H](O)[C@H](O)[C@H]5O)[C@@H](O)[C@H](O)[C@H]4O)[C@@H]([C@H](O)CO[C@]4(C(=O)O)C[C@@H](O)[C@@H](O)[C@@H]([C@H](O)CO)O4)O3)[C@@H](OP(=O)(O)O)[C@H](O)[C@H]2N)O[C@@H]1O. The third kappa shape index (κ3) is 16.8. The van der Waals surface area contributed by atoms with E-state index < -0.39 is 305 Å². The number of carbonyl (C=O) groups is 3. The van der Waals surface area contributed by atoms with Crippen LogP contribution in [0.3, 0.4) is 0 Å². The molecular weight excluding hydrogens is 1320 g/mol. The van der Waals surface area contributed by atoms with E-state index in [4.69, 9.17) is 77.6 Å². The average Bonchev–Trinajstić information content (AvgIpc) is 0.745. The Hall–Kier alpha value is -2.88. The van der Waals surface area contributed by atoms with Crippen LogP contribution in [-0.4, -0.2) is 405 Å². The normalized spacial score (nSPS) is 47.5. The van der Waals surface area contributed by atoms with Crippen LogP contribution in [0.25, 0.3) is 0 Å². The van der Waals surface area contributed by atoms with Crippen LogP contribution in [0, 0.1) is 0 Å². The topological polar surface area (TPSA) is 755 Å². The molecule has 7 aliphatic heterocycles. The summed E-state index contributed by atoms with van der Waals surface area (Å²) in [5.74, 6) is -17.7. The van der Waals surface area contributed by atoms with Gasteiger partial charge in [-0.25, -0.2) is 18.9 Å². The van der Waals surface area contributed by atoms with Crippen LogP contribution in [0.5, 0.6) is 0 Å². The Kier molecular flexibility index (Phi) is 26.5. The molecule has 0 aromatic heterocycles. The molecule has 7 rings (SSSR count). The summed E-state index contributed by atoms with van der Waals surface area (Å²) in [7, 11) is -5.84. The highest BCUT2D eigenvalue weighted by Crippen LogP contribution is 2.46. The highest BCUT2D eigenvalue weighted by Gasteiger charge is 2.64. The standard InChI is InChI=1S/C48H81N2O43P/c49-21-28(64)26(62)18(84-39(21)70)8-80-40-22(50)29(65)37(93-94(77,78)79)20(87-40)10-83-47(44(73)74)3-16(89-48(45(75)76)2-12(55)24(60)35(91-48)14(57)5-52)38(36(92-47)15(58)7-82-46(43(71)72)1-11(54)23(59)34(90-46)13(56)4-51)88-42-33(69)31(67)27(63)19(86-42)9-81-41-32(68)30(66)25(61)17(6-53)85-41/h11-42,51-70H,1-10,49-50H2,(H,71,72)(H,73,74)(H,75,76)(H2,77,78,79)/t11-,12-,13-,14-,15-,16-,17-,18-,19-,20-,21-,22-,23-,24-,25-,26-,27-,28-,29-,30+,31+,32-,33-,34-,35-,36-,37-,38-,39+,40-,41-,42-,46-,47-,48-/m1/s1. The smallest absolute Gasteiger partial charge is 0.470 e. The third-order valence-electron chi connectivity index (χ3n) is 16.8. The van der Waals surface area contributed by atoms with Gasteiger partial charge in [0.2, 0.25) is 0 Å². The minimum Gasteiger partial charge on any atom is -0.477 e. The van der Waals surface area contributed by atoms with E-state index in [1.54, 1.807) is 0 Å². The number of rotatable bonds is 27. The lowest BCUT2D eigenvalue weighted by molar-refractivity contribution is -0.401. The van der Waals surface area contributed by atoms with Crippen molar-refractivity contribution in [2.75, 3.05) is 46.2 Å². The van der Waals surface area contributed by atoms with Crippen molar-refractivity contribution in [3.8, 4) is 0 Å². The molecule has 0 amide bonds. The van der Waals surface area contributed by atoms with E-state index in [1.807, 2.05) is 0 Å². The zero-order valence-corrected chi connectivity index (χ0v) is 49.6. The van der Waals surface area contributed by atoms with Crippen molar-refractivity contribution in [3.05, 3.63) is 0 Å². The lowest BCUT2D eigenvalue weighted by Crippen LogP contribution is -2.70. The lowest BCUT2D eigenvalue weighted by Gasteiger charge is -2.52. The first-order valence-corrected chi connectivity index (χ1v) is 30.2. The van der Waals surface area contributed by atoms with Crippen LogP contribution in [-0.2, 0) is 85.1 Å². The molecule has 0 spiro atoms. The molecule has 35 atom stereocenters. The van der Waals surface area contributed by atoms with Gasteiger partial charge in [0, 0.05) is 19.3 Å². The molecule has 0 aliphatic carbocycles. The number of phosphoric acid groups is 1. The van der Waals surface area contributed by atoms with Gasteiger partial charge in [0.25, 0.3) is 17.4 Å². The van der Waals surface area contributed by atoms with E-state index in [2.05, 4.69) is 0 Å². The number of aliphatic hydroxyl groups is 20. The molecule has 94 heavy (non-hydrogen) atoms. The second kappa shape index (κ2) is 31.8. The average molecular weight is 1410 g/mol. The number of nitrogens with two attached hydrogens (primary N) is 2. The molecule has 546 valence electrons. The molecule has 29 N–H and O–H groups in total. The Morgan fingerprint density at radius 1 is 0.479 bits per heavy atom. The van der Waals surface area contributed by atoms with Crippen LogP contribution in [0.15, 0.2) is 0 Å². The molecule has 0 aromatic rings. The molecular formula is C48H81N2O43P. The van der Waals surface area contributed by atoms with Gasteiger partial charge in [-0.1, -0.05) is 0 Å². The van der Waals surface area contributed by atoms with E-state index in [0.717, 1.165) is 0 Å². The molecule has 46 heteroatoms. The first-order valence-electron chi connectivity index (χ1n) is 28.7. The predicted octanol–water partition coefficient (Wildman–Crippen LogP) is -16.7. The summed E-state index contributed by atoms with van der Waals surface area (Å²) in [5, 5.41) is 247. The molecule has 7 fully saturated rings. The largest absolute Gasteiger partial charge is 0.477 e. The quantitative estimate of drug-likeness (QED) is 0.0340. The minimum absolute atomic E-state index is 0.929. The van der Waals surface area contributed by atoms with Crippen LogP contribution in [0.1, 0.15) is 19.3 Å². The van der Waals surface area contributed by atoms with Crippen LogP contribution < -0.4 is 11.5 Å². The summed E-state index contributed by atoms with van der Waals surface area (Å²) in [5.41, 5.74) is 11.8. The summed E-state index contributed by atoms with van der Waals surface area (Å²) < 4.78 is 90.6. The number of ether oxygens (including phenoxy) is 13. The number of aliphatic carboxylic acids is 3. The van der Waals surface area contributed by atoms with Crippen molar-refractivity contribution in [3.63, 3.8) is 0 Å². The van der Waals surface area contributed by atoms with Crippen LogP contribution >= 0.6 is 7.82 Å². The Labute approximate surface area is 527 Å². The molecule has 7 aliphatic rings. The van der Waals surface area contributed by atoms with Crippen LogP contribution in [0.4, 0.5) is 0 Å². The predicted molar refractivity (Wildman–Crippen MR) is 280 cm³/mol. The van der Waals surface area contributed by atoms with Gasteiger partial charge in [-0.2, -0.15) is 0 Å². The van der Waals surface area contributed by atoms with Gasteiger partial charge < -0.3 is 200 Å². The Morgan fingerprint density at radius 2 is 0.936 bits per heavy atom. The Bertz CT molecular complexity index is 2540. The first-order chi connectivity index (χ1) is 43.8. The van der Waals surface area contributed by atoms with E-state index in [1.165, 1.54) is 0 Å². The molecule has 0 aromatic carbocycles. The maximum Gasteiger partial charge on any atom is 0.470 e. The Morgan fingerprint density at radius 3 is 1.47 bits per heavy atom. The van der Waals surface area contributed by atoms with Gasteiger partial charge >= 0.3 is 25.7 Å². The number of carboxylic acids is 3. The van der Waals surface area contributed by atoms with Crippen LogP contribution in [0.2, 0.25) is 0 Å². The fraction of sp³-hybridized carbons (Fsp3) is 0.938. The molecule has 0 bridgehead atoms. The van der Waals surface area contributed by atoms with Gasteiger partial charge in [0.1, 0.15) is 140 Å². The number of hydrogen-bond donors (Lipinski definition) is 27. The summed E-state index contributed by atoms with van der Waals surface area (Å²) in [6.07, 6.45) is -72.2. The minimum atomic E-state index is -5.84. The van der Waals surface area contributed by atoms with Crippen molar-refractivity contribution in [1.82, 2.24) is 0 Å². The van der Waals surface area contributed by atoms with Gasteiger partial charge in [0.15, 0.2) is 25.2 Å². The highest BCUT2D eigenvalue weighted by molar-refractivity contribution is 7.46. The molecule has 45 nitrogen and oxygen atoms in total. The second-order valence-corrected chi connectivity index (χ2v) is 24.5. The van der Waals surface area contributed by atoms with E-state index >= 15 is 0 Å². The zero-order chi connectivity index (χ0) is 70.2. The number of aliphatic hydroxyl groups excluding tert-OH is 20. The fourth-order valence-electron chi connectivity index (χ4n) is 11.4. The number of carboxylic acid groups (broad SMARTS) is 3. The maximum atomic E-state index is 14.1. The van der Waals surface area contributed by atoms with E-state index in [0.29, 0.717) is 0 Å². The maximum absolute atomic E-state index is 14.1. The molecule has 7 saturated heterocycles. The monoisotopic (exact) mass is 1400 g/mol. The number of phosphoric ester groups is 1. The third-order valence-corrected chi connectivity index (χ3v) is 17.3. The van der Waals surface area contributed by atoms with Crippen molar-refractivity contribution in [2.24, 2.45) is 11.5 Å². The number of hydrogen-bond acceptors (Lipinski definition) is 40. The van der Waals surface area contributed by atoms with Crippen molar-refractivity contribution in [2.45, 2.75) is 233 Å². The van der Waals surface area contributed by atoms with Crippen molar-refractivity contribution in [1.29, 1.82) is 0 Å².